The number of aryl methyl sites for hydroxylation is 1. The van der Waals surface area contributed by atoms with Crippen molar-refractivity contribution in [1.29, 1.82) is 5.26 Å². The molecule has 0 saturated heterocycles. The van der Waals surface area contributed by atoms with Crippen molar-refractivity contribution < 1.29 is 4.39 Å². The topological polar surface area (TPSA) is 52.5 Å². The number of H-pyrrole nitrogens is 1. The Morgan fingerprint density at radius 1 is 1.57 bits per heavy atom. The van der Waals surface area contributed by atoms with Crippen molar-refractivity contribution in [3.05, 3.63) is 29.3 Å². The van der Waals surface area contributed by atoms with Crippen LogP contribution in [0.1, 0.15) is 18.3 Å². The van der Waals surface area contributed by atoms with Crippen LogP contribution in [0.2, 0.25) is 0 Å². The van der Waals surface area contributed by atoms with Crippen molar-refractivity contribution in [2.45, 2.75) is 13.3 Å². The summed E-state index contributed by atoms with van der Waals surface area (Å²) in [5, 5.41) is 8.61. The van der Waals surface area contributed by atoms with E-state index in [9.17, 15) is 4.39 Å². The van der Waals surface area contributed by atoms with Crippen molar-refractivity contribution in [3.8, 4) is 6.07 Å². The van der Waals surface area contributed by atoms with Gasteiger partial charge in [-0.1, -0.05) is 6.92 Å². The Kier molecular flexibility index (Phi) is 1.93. The fourth-order valence-corrected chi connectivity index (χ4v) is 1.34. The summed E-state index contributed by atoms with van der Waals surface area (Å²) in [4.78, 5) is 7.18. The Labute approximate surface area is 80.2 Å². The molecule has 0 aliphatic heterocycles. The first kappa shape index (κ1) is 8.70. The van der Waals surface area contributed by atoms with Gasteiger partial charge in [-0.25, -0.2) is 9.37 Å². The minimum Gasteiger partial charge on any atom is -0.342 e. The molecule has 1 aromatic carbocycles. The molecule has 70 valence electrons. The first-order chi connectivity index (χ1) is 6.74. The summed E-state index contributed by atoms with van der Waals surface area (Å²) in [5.41, 5.74) is 1.31. The Bertz CT molecular complexity index is 522. The number of nitrogens with one attached hydrogen (secondary N) is 1. The summed E-state index contributed by atoms with van der Waals surface area (Å²) >= 11 is 0. The van der Waals surface area contributed by atoms with E-state index in [0.717, 1.165) is 12.2 Å². The molecule has 0 saturated carbocycles. The van der Waals surface area contributed by atoms with Gasteiger partial charge in [0.1, 0.15) is 17.7 Å². The number of benzene rings is 1. The molecule has 1 N–H and O–H groups in total. The largest absolute Gasteiger partial charge is 0.342 e. The summed E-state index contributed by atoms with van der Waals surface area (Å²) < 4.78 is 13.2. The summed E-state index contributed by atoms with van der Waals surface area (Å²) in [6, 6.07) is 4.55. The van der Waals surface area contributed by atoms with Gasteiger partial charge >= 0.3 is 0 Å². The van der Waals surface area contributed by atoms with Gasteiger partial charge in [-0.3, -0.25) is 0 Å². The minimum atomic E-state index is -0.508. The van der Waals surface area contributed by atoms with Gasteiger partial charge in [0.15, 0.2) is 0 Å². The Morgan fingerprint density at radius 3 is 3.00 bits per heavy atom. The molecule has 4 heteroatoms. The van der Waals surface area contributed by atoms with Gasteiger partial charge in [0.05, 0.1) is 16.6 Å². The van der Waals surface area contributed by atoms with Crippen LogP contribution in [-0.2, 0) is 6.42 Å². The van der Waals surface area contributed by atoms with Gasteiger partial charge in [-0.2, -0.15) is 5.26 Å². The second kappa shape index (κ2) is 3.11. The van der Waals surface area contributed by atoms with Crippen molar-refractivity contribution in [1.82, 2.24) is 9.97 Å². The third-order valence-electron chi connectivity index (χ3n) is 2.08. The van der Waals surface area contributed by atoms with Crippen LogP contribution in [-0.4, -0.2) is 9.97 Å². The molecule has 1 aromatic heterocycles. The number of fused-ring (bicyclic) bond motifs is 1. The van der Waals surface area contributed by atoms with Gasteiger partial charge in [0.25, 0.3) is 0 Å². The van der Waals surface area contributed by atoms with E-state index >= 15 is 0 Å². The Balaban J connectivity index is 2.71. The summed E-state index contributed by atoms with van der Waals surface area (Å²) in [6.07, 6.45) is 0.762. The zero-order valence-corrected chi connectivity index (χ0v) is 7.63. The fourth-order valence-electron chi connectivity index (χ4n) is 1.34. The molecule has 0 bridgehead atoms. The highest BCUT2D eigenvalue weighted by molar-refractivity contribution is 5.77. The van der Waals surface area contributed by atoms with Crippen molar-refractivity contribution in [3.63, 3.8) is 0 Å². The molecule has 3 nitrogen and oxygen atoms in total. The number of halogens is 1. The van der Waals surface area contributed by atoms with E-state index in [-0.39, 0.29) is 5.56 Å². The van der Waals surface area contributed by atoms with Crippen LogP contribution in [0.4, 0.5) is 4.39 Å². The van der Waals surface area contributed by atoms with Crippen LogP contribution in [0.5, 0.6) is 0 Å². The zero-order valence-electron chi connectivity index (χ0n) is 7.63. The molecular weight excluding hydrogens is 181 g/mol. The molecule has 2 aromatic rings. The smallest absolute Gasteiger partial charge is 0.143 e. The van der Waals surface area contributed by atoms with Crippen LogP contribution in [0, 0.1) is 17.1 Å². The summed E-state index contributed by atoms with van der Waals surface area (Å²) in [7, 11) is 0. The van der Waals surface area contributed by atoms with Crippen LogP contribution in [0.25, 0.3) is 11.0 Å². The third kappa shape index (κ3) is 1.23. The Hall–Kier alpha value is -1.89. The molecule has 0 radical (unpaired) electrons. The molecule has 2 rings (SSSR count). The lowest BCUT2D eigenvalue weighted by Crippen LogP contribution is -1.82. The van der Waals surface area contributed by atoms with E-state index in [2.05, 4.69) is 9.97 Å². The van der Waals surface area contributed by atoms with Gasteiger partial charge < -0.3 is 4.98 Å². The highest BCUT2D eigenvalue weighted by Crippen LogP contribution is 2.16. The maximum absolute atomic E-state index is 13.2. The SMILES string of the molecule is CCc1nc2cc(C#N)c(F)cc2[nH]1. The molecular formula is C10H8FN3. The van der Waals surface area contributed by atoms with Crippen LogP contribution in [0.15, 0.2) is 12.1 Å². The summed E-state index contributed by atoms with van der Waals surface area (Å²) in [6.45, 7) is 1.96. The first-order valence-corrected chi connectivity index (χ1v) is 4.33. The lowest BCUT2D eigenvalue weighted by atomic mass is 10.2. The van der Waals surface area contributed by atoms with Gasteiger partial charge in [0, 0.05) is 12.5 Å². The lowest BCUT2D eigenvalue weighted by molar-refractivity contribution is 0.625. The van der Waals surface area contributed by atoms with Crippen molar-refractivity contribution in [2.75, 3.05) is 0 Å². The number of aromatic amines is 1. The van der Waals surface area contributed by atoms with Crippen LogP contribution >= 0.6 is 0 Å². The molecule has 0 aliphatic rings. The number of rotatable bonds is 1. The number of nitrogens with zero attached hydrogens (tertiary/aromatic N) is 2. The van der Waals surface area contributed by atoms with Crippen molar-refractivity contribution in [2.24, 2.45) is 0 Å². The maximum Gasteiger partial charge on any atom is 0.143 e. The van der Waals surface area contributed by atoms with E-state index in [1.807, 2.05) is 6.92 Å². The van der Waals surface area contributed by atoms with E-state index in [0.29, 0.717) is 11.0 Å². The van der Waals surface area contributed by atoms with E-state index in [1.54, 1.807) is 6.07 Å². The van der Waals surface area contributed by atoms with Crippen molar-refractivity contribution >= 4 is 11.0 Å². The summed E-state index contributed by atoms with van der Waals surface area (Å²) in [5.74, 6) is 0.292. The van der Waals surface area contributed by atoms with Gasteiger partial charge in [-0.15, -0.1) is 0 Å². The first-order valence-electron chi connectivity index (χ1n) is 4.33. The normalized spacial score (nSPS) is 10.4. The second-order valence-corrected chi connectivity index (χ2v) is 3.00. The monoisotopic (exact) mass is 189 g/mol. The number of imidazole rings is 1. The number of aromatic nitrogens is 2. The standard InChI is InChI=1S/C10H8FN3/c1-2-10-13-8-3-6(5-12)7(11)4-9(8)14-10/h3-4H,2H2,1H3,(H,13,14). The molecule has 0 fully saturated rings. The van der Waals surface area contributed by atoms with Gasteiger partial charge in [-0.05, 0) is 6.07 Å². The van der Waals surface area contributed by atoms with E-state index < -0.39 is 5.82 Å². The second-order valence-electron chi connectivity index (χ2n) is 3.00. The highest BCUT2D eigenvalue weighted by Gasteiger charge is 2.07. The predicted octanol–water partition coefficient (Wildman–Crippen LogP) is 2.14. The molecule has 0 unspecified atom stereocenters. The predicted molar refractivity (Wildman–Crippen MR) is 50.1 cm³/mol. The number of nitriles is 1. The molecule has 14 heavy (non-hydrogen) atoms. The van der Waals surface area contributed by atoms with E-state index in [4.69, 9.17) is 5.26 Å². The zero-order chi connectivity index (χ0) is 10.1. The highest BCUT2D eigenvalue weighted by atomic mass is 19.1. The molecule has 0 spiro atoms. The third-order valence-corrected chi connectivity index (χ3v) is 2.08. The average molecular weight is 189 g/mol. The van der Waals surface area contributed by atoms with Gasteiger partial charge in [0.2, 0.25) is 0 Å². The number of hydrogen-bond donors (Lipinski definition) is 1. The minimum absolute atomic E-state index is 0.0339. The number of hydrogen-bond acceptors (Lipinski definition) is 2. The lowest BCUT2D eigenvalue weighted by Gasteiger charge is -1.91. The molecule has 0 atom stereocenters. The molecule has 0 amide bonds. The quantitative estimate of drug-likeness (QED) is 0.747. The molecule has 0 aliphatic carbocycles. The van der Waals surface area contributed by atoms with Crippen LogP contribution in [0.3, 0.4) is 0 Å². The maximum atomic E-state index is 13.2. The molecule has 1 heterocycles. The Morgan fingerprint density at radius 2 is 2.36 bits per heavy atom. The fraction of sp³-hybridized carbons (Fsp3) is 0.200. The average Bonchev–Trinajstić information content (AvgIpc) is 2.58. The van der Waals surface area contributed by atoms with E-state index in [1.165, 1.54) is 12.1 Å². The van der Waals surface area contributed by atoms with Crippen LogP contribution < -0.4 is 0 Å².